The second kappa shape index (κ2) is 3.69. The Hall–Kier alpha value is -2.17. The first-order valence-corrected chi connectivity index (χ1v) is 5.47. The number of rotatable bonds is 1. The highest BCUT2D eigenvalue weighted by atomic mass is 16.1. The van der Waals surface area contributed by atoms with E-state index < -0.39 is 0 Å². The normalized spacial score (nSPS) is 13.8. The number of anilines is 1. The van der Waals surface area contributed by atoms with Gasteiger partial charge in [-0.1, -0.05) is 6.07 Å². The van der Waals surface area contributed by atoms with E-state index in [2.05, 4.69) is 26.1 Å². The quantitative estimate of drug-likeness (QED) is 0.790. The standard InChI is InChI=1S/C12H12N4O/c1-8-11(5-14-15-12(8)17)16-6-9-3-2-4-13-10(9)7-16/h2-5H,6-7H2,1H3,(H,15,17). The van der Waals surface area contributed by atoms with Gasteiger partial charge in [0.15, 0.2) is 0 Å². The van der Waals surface area contributed by atoms with Crippen LogP contribution in [0, 0.1) is 6.92 Å². The van der Waals surface area contributed by atoms with Gasteiger partial charge >= 0.3 is 0 Å². The summed E-state index contributed by atoms with van der Waals surface area (Å²) in [6, 6.07) is 4.00. The van der Waals surface area contributed by atoms with Crippen molar-refractivity contribution in [2.45, 2.75) is 20.0 Å². The van der Waals surface area contributed by atoms with Crippen molar-refractivity contribution >= 4 is 5.69 Å². The summed E-state index contributed by atoms with van der Waals surface area (Å²) in [7, 11) is 0. The predicted octanol–water partition coefficient (Wildman–Crippen LogP) is 0.994. The molecule has 0 fully saturated rings. The molecule has 1 aliphatic rings. The third kappa shape index (κ3) is 1.60. The molecule has 2 aromatic rings. The Balaban J connectivity index is 2.00. The first-order valence-electron chi connectivity index (χ1n) is 5.47. The number of hydrogen-bond donors (Lipinski definition) is 1. The highest BCUT2D eigenvalue weighted by molar-refractivity contribution is 5.53. The lowest BCUT2D eigenvalue weighted by molar-refractivity contribution is 0.842. The van der Waals surface area contributed by atoms with E-state index >= 15 is 0 Å². The SMILES string of the molecule is Cc1c(N2Cc3cccnc3C2)cn[nH]c1=O. The van der Waals surface area contributed by atoms with Crippen LogP contribution in [0.2, 0.25) is 0 Å². The molecule has 2 aromatic heterocycles. The third-order valence-corrected chi connectivity index (χ3v) is 3.10. The summed E-state index contributed by atoms with van der Waals surface area (Å²) in [4.78, 5) is 18.0. The summed E-state index contributed by atoms with van der Waals surface area (Å²) in [5.74, 6) is 0. The van der Waals surface area contributed by atoms with E-state index in [0.717, 1.165) is 24.5 Å². The molecule has 3 heterocycles. The van der Waals surface area contributed by atoms with E-state index in [4.69, 9.17) is 0 Å². The zero-order valence-electron chi connectivity index (χ0n) is 9.47. The van der Waals surface area contributed by atoms with Gasteiger partial charge in [0.1, 0.15) is 0 Å². The number of aromatic amines is 1. The van der Waals surface area contributed by atoms with E-state index in [9.17, 15) is 4.79 Å². The molecule has 17 heavy (non-hydrogen) atoms. The summed E-state index contributed by atoms with van der Waals surface area (Å²) in [6.07, 6.45) is 3.49. The average Bonchev–Trinajstić information content (AvgIpc) is 2.76. The van der Waals surface area contributed by atoms with Gasteiger partial charge in [0.2, 0.25) is 0 Å². The number of aromatic nitrogens is 3. The van der Waals surface area contributed by atoms with Gasteiger partial charge in [-0.05, 0) is 18.6 Å². The van der Waals surface area contributed by atoms with Crippen LogP contribution >= 0.6 is 0 Å². The van der Waals surface area contributed by atoms with Crippen molar-refractivity contribution in [3.05, 3.63) is 51.7 Å². The monoisotopic (exact) mass is 228 g/mol. The van der Waals surface area contributed by atoms with Crippen molar-refractivity contribution in [2.24, 2.45) is 0 Å². The molecule has 0 aromatic carbocycles. The number of nitrogens with one attached hydrogen (secondary N) is 1. The second-order valence-corrected chi connectivity index (χ2v) is 4.17. The van der Waals surface area contributed by atoms with E-state index in [1.165, 1.54) is 5.56 Å². The lowest BCUT2D eigenvalue weighted by Gasteiger charge is -2.18. The van der Waals surface area contributed by atoms with Crippen LogP contribution in [-0.2, 0) is 13.1 Å². The summed E-state index contributed by atoms with van der Waals surface area (Å²) in [6.45, 7) is 3.34. The number of H-pyrrole nitrogens is 1. The van der Waals surface area contributed by atoms with Gasteiger partial charge < -0.3 is 4.90 Å². The molecular formula is C12H12N4O. The topological polar surface area (TPSA) is 61.9 Å². The Kier molecular flexibility index (Phi) is 2.18. The minimum Gasteiger partial charge on any atom is -0.360 e. The van der Waals surface area contributed by atoms with Gasteiger partial charge in [0, 0.05) is 18.3 Å². The number of pyridine rings is 1. The minimum absolute atomic E-state index is 0.133. The van der Waals surface area contributed by atoms with Crippen molar-refractivity contribution in [1.82, 2.24) is 15.2 Å². The summed E-state index contributed by atoms with van der Waals surface area (Å²) in [5, 5.41) is 6.29. The van der Waals surface area contributed by atoms with E-state index in [0.29, 0.717) is 5.56 Å². The van der Waals surface area contributed by atoms with Crippen LogP contribution in [-0.4, -0.2) is 15.2 Å². The molecule has 5 heteroatoms. The average molecular weight is 228 g/mol. The largest absolute Gasteiger partial charge is 0.360 e. The zero-order valence-corrected chi connectivity index (χ0v) is 9.47. The van der Waals surface area contributed by atoms with E-state index in [1.807, 2.05) is 13.0 Å². The molecule has 0 aliphatic carbocycles. The molecule has 5 nitrogen and oxygen atoms in total. The Bertz CT molecular complexity index is 595. The number of fused-ring (bicyclic) bond motifs is 1. The molecular weight excluding hydrogens is 216 g/mol. The summed E-state index contributed by atoms with van der Waals surface area (Å²) >= 11 is 0. The van der Waals surface area contributed by atoms with Crippen molar-refractivity contribution in [3.63, 3.8) is 0 Å². The third-order valence-electron chi connectivity index (χ3n) is 3.10. The van der Waals surface area contributed by atoms with Crippen LogP contribution in [0.5, 0.6) is 0 Å². The maximum Gasteiger partial charge on any atom is 0.269 e. The van der Waals surface area contributed by atoms with Gasteiger partial charge in [0.25, 0.3) is 5.56 Å². The Morgan fingerprint density at radius 3 is 3.12 bits per heavy atom. The van der Waals surface area contributed by atoms with E-state index in [-0.39, 0.29) is 5.56 Å². The fourth-order valence-electron chi connectivity index (χ4n) is 2.14. The van der Waals surface area contributed by atoms with Gasteiger partial charge in [0.05, 0.1) is 24.1 Å². The van der Waals surface area contributed by atoms with Crippen LogP contribution in [0.4, 0.5) is 5.69 Å². The first kappa shape index (κ1) is 10.0. The summed E-state index contributed by atoms with van der Waals surface area (Å²) < 4.78 is 0. The lowest BCUT2D eigenvalue weighted by atomic mass is 10.2. The van der Waals surface area contributed by atoms with Gasteiger partial charge in [-0.25, -0.2) is 5.10 Å². The molecule has 0 saturated heterocycles. The Morgan fingerprint density at radius 2 is 2.29 bits per heavy atom. The van der Waals surface area contributed by atoms with Crippen molar-refractivity contribution in [1.29, 1.82) is 0 Å². The minimum atomic E-state index is -0.133. The van der Waals surface area contributed by atoms with Crippen LogP contribution in [0.3, 0.4) is 0 Å². The second-order valence-electron chi connectivity index (χ2n) is 4.17. The molecule has 1 N–H and O–H groups in total. The molecule has 3 rings (SSSR count). The zero-order chi connectivity index (χ0) is 11.8. The smallest absolute Gasteiger partial charge is 0.269 e. The van der Waals surface area contributed by atoms with Gasteiger partial charge in [-0.2, -0.15) is 5.10 Å². The van der Waals surface area contributed by atoms with Crippen LogP contribution < -0.4 is 10.5 Å². The summed E-state index contributed by atoms with van der Waals surface area (Å²) in [5.41, 5.74) is 3.74. The molecule has 0 bridgehead atoms. The highest BCUT2D eigenvalue weighted by Gasteiger charge is 2.21. The molecule has 0 unspecified atom stereocenters. The van der Waals surface area contributed by atoms with Crippen molar-refractivity contribution in [3.8, 4) is 0 Å². The molecule has 0 amide bonds. The van der Waals surface area contributed by atoms with Crippen LogP contribution in [0.25, 0.3) is 0 Å². The fourth-order valence-corrected chi connectivity index (χ4v) is 2.14. The highest BCUT2D eigenvalue weighted by Crippen LogP contribution is 2.26. The van der Waals surface area contributed by atoms with E-state index in [1.54, 1.807) is 12.4 Å². The molecule has 0 spiro atoms. The Labute approximate surface area is 98.1 Å². The fraction of sp³-hybridized carbons (Fsp3) is 0.250. The number of nitrogens with zero attached hydrogens (tertiary/aromatic N) is 3. The van der Waals surface area contributed by atoms with Gasteiger partial charge in [-0.15, -0.1) is 0 Å². The number of hydrogen-bond acceptors (Lipinski definition) is 4. The molecule has 0 atom stereocenters. The van der Waals surface area contributed by atoms with Crippen LogP contribution in [0.15, 0.2) is 29.3 Å². The lowest BCUT2D eigenvalue weighted by Crippen LogP contribution is -2.21. The maximum absolute atomic E-state index is 11.5. The predicted molar refractivity (Wildman–Crippen MR) is 63.7 cm³/mol. The van der Waals surface area contributed by atoms with Gasteiger partial charge in [-0.3, -0.25) is 9.78 Å². The van der Waals surface area contributed by atoms with Crippen molar-refractivity contribution in [2.75, 3.05) is 4.90 Å². The molecule has 1 aliphatic heterocycles. The molecule has 0 radical (unpaired) electrons. The maximum atomic E-state index is 11.5. The molecule has 86 valence electrons. The Morgan fingerprint density at radius 1 is 1.41 bits per heavy atom. The van der Waals surface area contributed by atoms with Crippen LogP contribution in [0.1, 0.15) is 16.8 Å². The molecule has 0 saturated carbocycles. The van der Waals surface area contributed by atoms with Crippen molar-refractivity contribution < 1.29 is 0 Å². The first-order chi connectivity index (χ1) is 8.25.